The number of unbranched alkanes of at least 4 members (excludes halogenated alkanes) is 48. The van der Waals surface area contributed by atoms with E-state index in [1.165, 1.54) is 276 Å². The van der Waals surface area contributed by atoms with Gasteiger partial charge in [0.2, 0.25) is 0 Å². The summed E-state index contributed by atoms with van der Waals surface area (Å²) in [6.45, 7) is 6.67. The van der Waals surface area contributed by atoms with Crippen molar-refractivity contribution in [2.75, 3.05) is 13.2 Å². The summed E-state index contributed by atoms with van der Waals surface area (Å²) < 4.78 is 17.0. The molecule has 0 rings (SSSR count). The lowest BCUT2D eigenvalue weighted by Crippen LogP contribution is -2.30. The fourth-order valence-corrected chi connectivity index (χ4v) is 10.6. The van der Waals surface area contributed by atoms with Crippen LogP contribution in [0.5, 0.6) is 0 Å². The quantitative estimate of drug-likeness (QED) is 0.0261. The highest BCUT2D eigenvalue weighted by molar-refractivity contribution is 5.71. The summed E-state index contributed by atoms with van der Waals surface area (Å²) in [5.41, 5.74) is 0. The molecule has 0 heterocycles. The van der Waals surface area contributed by atoms with Gasteiger partial charge in [0.15, 0.2) is 6.10 Å². The summed E-state index contributed by atoms with van der Waals surface area (Å²) in [7, 11) is 0. The van der Waals surface area contributed by atoms with Crippen molar-refractivity contribution in [3.63, 3.8) is 0 Å². The van der Waals surface area contributed by atoms with Gasteiger partial charge in [0.1, 0.15) is 13.2 Å². The topological polar surface area (TPSA) is 78.9 Å². The normalized spacial score (nSPS) is 12.2. The molecule has 0 aliphatic heterocycles. The van der Waals surface area contributed by atoms with Crippen molar-refractivity contribution in [3.8, 4) is 0 Å². The molecule has 6 heteroatoms. The fraction of sp³-hybridized carbons (Fsp3) is 0.875. The van der Waals surface area contributed by atoms with Crippen LogP contribution in [0.4, 0.5) is 0 Å². The molecule has 0 amide bonds. The maximum absolute atomic E-state index is 12.9. The molecule has 0 aliphatic rings. The molecule has 0 saturated carbocycles. The van der Waals surface area contributed by atoms with Gasteiger partial charge in [-0.3, -0.25) is 14.4 Å². The highest BCUT2D eigenvalue weighted by atomic mass is 16.6. The molecule has 0 aromatic carbocycles. The molecule has 78 heavy (non-hydrogen) atoms. The van der Waals surface area contributed by atoms with E-state index in [1.54, 1.807) is 0 Å². The Hall–Kier alpha value is -2.37. The van der Waals surface area contributed by atoms with Crippen LogP contribution in [-0.2, 0) is 28.6 Å². The molecule has 0 bridgehead atoms. The summed E-state index contributed by atoms with van der Waals surface area (Å²) >= 11 is 0. The van der Waals surface area contributed by atoms with E-state index in [2.05, 4.69) is 57.2 Å². The average Bonchev–Trinajstić information content (AvgIpc) is 3.44. The molecule has 0 aromatic rings. The van der Waals surface area contributed by atoms with Crippen LogP contribution in [0.25, 0.3) is 0 Å². The minimum atomic E-state index is -0.773. The van der Waals surface area contributed by atoms with E-state index in [0.29, 0.717) is 19.3 Å². The molecule has 0 N–H and O–H groups in total. The minimum Gasteiger partial charge on any atom is -0.462 e. The average molecular weight is 1100 g/mol. The zero-order valence-corrected chi connectivity index (χ0v) is 52.7. The first-order valence-corrected chi connectivity index (χ1v) is 35.0. The first-order valence-electron chi connectivity index (χ1n) is 35.0. The summed E-state index contributed by atoms with van der Waals surface area (Å²) in [6.07, 6.45) is 83.2. The molecule has 0 saturated heterocycles. The second kappa shape index (κ2) is 67.1. The van der Waals surface area contributed by atoms with E-state index in [-0.39, 0.29) is 31.1 Å². The van der Waals surface area contributed by atoms with Crippen LogP contribution >= 0.6 is 0 Å². The van der Waals surface area contributed by atoms with Gasteiger partial charge in [-0.1, -0.05) is 327 Å². The lowest BCUT2D eigenvalue weighted by atomic mass is 10.0. The van der Waals surface area contributed by atoms with E-state index >= 15 is 0 Å². The van der Waals surface area contributed by atoms with Crippen LogP contribution in [0.3, 0.4) is 0 Å². The minimum absolute atomic E-state index is 0.0696. The first kappa shape index (κ1) is 75.6. The van der Waals surface area contributed by atoms with Crippen LogP contribution in [0.15, 0.2) is 36.5 Å². The molecule has 1 unspecified atom stereocenters. The van der Waals surface area contributed by atoms with Gasteiger partial charge in [-0.2, -0.15) is 0 Å². The smallest absolute Gasteiger partial charge is 0.306 e. The van der Waals surface area contributed by atoms with Crippen LogP contribution in [0.1, 0.15) is 387 Å². The van der Waals surface area contributed by atoms with Crippen molar-refractivity contribution >= 4 is 17.9 Å². The van der Waals surface area contributed by atoms with Gasteiger partial charge in [-0.05, 0) is 77.0 Å². The van der Waals surface area contributed by atoms with Crippen LogP contribution in [0, 0.1) is 0 Å². The fourth-order valence-electron chi connectivity index (χ4n) is 10.6. The Labute approximate surface area is 486 Å². The summed E-state index contributed by atoms with van der Waals surface area (Å²) in [6, 6.07) is 0. The second-order valence-electron chi connectivity index (χ2n) is 23.8. The molecule has 1 atom stereocenters. The molecular formula is C72H134O6. The molecule has 0 radical (unpaired) electrons. The summed E-state index contributed by atoms with van der Waals surface area (Å²) in [4.78, 5) is 38.4. The van der Waals surface area contributed by atoms with Gasteiger partial charge < -0.3 is 14.2 Å². The molecule has 0 fully saturated rings. The first-order chi connectivity index (χ1) is 38.5. The van der Waals surface area contributed by atoms with E-state index < -0.39 is 6.10 Å². The molecule has 6 nitrogen and oxygen atoms in total. The summed E-state index contributed by atoms with van der Waals surface area (Å²) in [5.74, 6) is -0.851. The maximum atomic E-state index is 12.9. The molecule has 0 spiro atoms. The van der Waals surface area contributed by atoms with Crippen molar-refractivity contribution in [2.45, 2.75) is 393 Å². The predicted octanol–water partition coefficient (Wildman–Crippen LogP) is 23.9. The molecule has 458 valence electrons. The van der Waals surface area contributed by atoms with E-state index in [9.17, 15) is 14.4 Å². The predicted molar refractivity (Wildman–Crippen MR) is 339 cm³/mol. The number of ether oxygens (including phenoxy) is 3. The van der Waals surface area contributed by atoms with Crippen molar-refractivity contribution in [3.05, 3.63) is 36.5 Å². The van der Waals surface area contributed by atoms with Gasteiger partial charge in [-0.15, -0.1) is 0 Å². The molecular weight excluding hydrogens is 961 g/mol. The molecule has 0 aliphatic carbocycles. The zero-order valence-electron chi connectivity index (χ0n) is 52.7. The molecule has 0 aromatic heterocycles. The Balaban J connectivity index is 4.19. The Morgan fingerprint density at radius 1 is 0.256 bits per heavy atom. The van der Waals surface area contributed by atoms with E-state index in [4.69, 9.17) is 14.2 Å². The van der Waals surface area contributed by atoms with Gasteiger partial charge in [-0.25, -0.2) is 0 Å². The van der Waals surface area contributed by atoms with Gasteiger partial charge in [0.25, 0.3) is 0 Å². The second-order valence-corrected chi connectivity index (χ2v) is 23.8. The maximum Gasteiger partial charge on any atom is 0.306 e. The van der Waals surface area contributed by atoms with Gasteiger partial charge >= 0.3 is 17.9 Å². The van der Waals surface area contributed by atoms with Crippen molar-refractivity contribution in [2.24, 2.45) is 0 Å². The Bertz CT molecular complexity index is 1300. The highest BCUT2D eigenvalue weighted by Gasteiger charge is 2.19. The Morgan fingerprint density at radius 2 is 0.462 bits per heavy atom. The number of rotatable bonds is 65. The number of allylic oxidation sites excluding steroid dienone is 6. The lowest BCUT2D eigenvalue weighted by molar-refractivity contribution is -0.167. The van der Waals surface area contributed by atoms with Gasteiger partial charge in [0.05, 0.1) is 0 Å². The number of hydrogen-bond donors (Lipinski definition) is 0. The zero-order chi connectivity index (χ0) is 56.4. The van der Waals surface area contributed by atoms with Crippen LogP contribution in [0.2, 0.25) is 0 Å². The third-order valence-corrected chi connectivity index (χ3v) is 15.9. The third-order valence-electron chi connectivity index (χ3n) is 15.9. The van der Waals surface area contributed by atoms with Crippen LogP contribution in [-0.4, -0.2) is 37.2 Å². The lowest BCUT2D eigenvalue weighted by Gasteiger charge is -2.18. The summed E-state index contributed by atoms with van der Waals surface area (Å²) in [5, 5.41) is 0. The Morgan fingerprint density at radius 3 is 0.744 bits per heavy atom. The van der Waals surface area contributed by atoms with Crippen molar-refractivity contribution < 1.29 is 28.6 Å². The highest BCUT2D eigenvalue weighted by Crippen LogP contribution is 2.18. The number of carbonyl (C=O) groups is 3. The van der Waals surface area contributed by atoms with Crippen molar-refractivity contribution in [1.82, 2.24) is 0 Å². The number of carbonyl (C=O) groups excluding carboxylic acids is 3. The van der Waals surface area contributed by atoms with Crippen molar-refractivity contribution in [1.29, 1.82) is 0 Å². The Kier molecular flexibility index (Phi) is 65.1. The monoisotopic (exact) mass is 1100 g/mol. The number of hydrogen-bond acceptors (Lipinski definition) is 6. The van der Waals surface area contributed by atoms with Crippen LogP contribution < -0.4 is 0 Å². The van der Waals surface area contributed by atoms with Gasteiger partial charge in [0, 0.05) is 19.3 Å². The largest absolute Gasteiger partial charge is 0.462 e. The SMILES string of the molecule is CCCCC/C=C\CCCCCCCC(=O)OCC(COC(=O)CCCCCCCCCCCCCCCCC/C=C\C/C=C\CCCCCCC)OC(=O)CCCCCCCCCCCCCCCCCCCCCCC. The third kappa shape index (κ3) is 64.5. The van der Waals surface area contributed by atoms with E-state index in [0.717, 1.165) is 70.6 Å². The standard InChI is InChI=1S/C72H134O6/c1-4-7-10-13-16-19-22-25-27-29-31-33-34-35-36-37-38-40-41-43-45-47-50-53-56-59-62-65-71(74)77-68-69(67-76-70(73)64-61-58-55-52-49-24-21-18-15-12-9-6-3)78-72(75)66-63-60-57-54-51-48-46-44-42-39-32-30-28-26-23-20-17-14-11-8-5-2/h18,21-22,25,29,31,69H,4-17,19-20,23-24,26-28,30,32-68H2,1-3H3/b21-18-,25-22-,31-29-. The van der Waals surface area contributed by atoms with E-state index in [1.807, 2.05) is 0 Å². The number of esters is 3.